The Morgan fingerprint density at radius 3 is 2.60 bits per heavy atom. The summed E-state index contributed by atoms with van der Waals surface area (Å²) in [7, 11) is 0. The number of nitrogens with zero attached hydrogens (tertiary/aromatic N) is 2. The maximum Gasteiger partial charge on any atom is 0.279 e. The molecule has 0 unspecified atom stereocenters. The number of carbonyl (C=O) groups excluding carboxylic acids is 1. The fourth-order valence-corrected chi connectivity index (χ4v) is 3.74. The van der Waals surface area contributed by atoms with Gasteiger partial charge in [0.1, 0.15) is 32.0 Å². The Morgan fingerprint density at radius 2 is 1.83 bits per heavy atom. The van der Waals surface area contributed by atoms with E-state index in [0.29, 0.717) is 30.6 Å². The van der Waals surface area contributed by atoms with E-state index in [1.807, 2.05) is 31.2 Å². The number of halogens is 1. The minimum absolute atomic E-state index is 0.0984. The largest absolute Gasteiger partial charge is 0.415 e. The number of carbonyl (C=O) groups is 1. The molecule has 0 atom stereocenters. The predicted octanol–water partition coefficient (Wildman–Crippen LogP) is 0.106. The molecule has 0 radical (unpaired) electrons. The summed E-state index contributed by atoms with van der Waals surface area (Å²) in [4.78, 5) is 14.8. The zero-order valence-electron chi connectivity index (χ0n) is 17.0. The van der Waals surface area contributed by atoms with Crippen LogP contribution in [-0.2, 0) is 11.3 Å². The normalized spacial score (nSPS) is 18.9. The summed E-state index contributed by atoms with van der Waals surface area (Å²) in [5.41, 5.74) is 2.57. The first-order chi connectivity index (χ1) is 14.5. The summed E-state index contributed by atoms with van der Waals surface area (Å²) in [5.74, 6) is 0.725. The predicted molar refractivity (Wildman–Crippen MR) is 109 cm³/mol. The van der Waals surface area contributed by atoms with Gasteiger partial charge in [-0.15, -0.1) is 10.2 Å². The molecule has 1 amide bonds. The SMILES string of the molecule is Cc1cccc(-c2nnc(C[NH+]3CC[NH+](CC(=O)Nc4cccc(F)c4)CC3)o2)c1. The summed E-state index contributed by atoms with van der Waals surface area (Å²) in [6.07, 6.45) is 0. The van der Waals surface area contributed by atoms with Gasteiger partial charge in [-0.05, 0) is 37.3 Å². The molecule has 2 heterocycles. The van der Waals surface area contributed by atoms with Crippen LogP contribution in [0.4, 0.5) is 10.1 Å². The number of piperazine rings is 1. The van der Waals surface area contributed by atoms with E-state index in [1.165, 1.54) is 21.9 Å². The first-order valence-corrected chi connectivity index (χ1v) is 10.2. The van der Waals surface area contributed by atoms with E-state index in [9.17, 15) is 9.18 Å². The third-order valence-electron chi connectivity index (χ3n) is 5.32. The van der Waals surface area contributed by atoms with Crippen molar-refractivity contribution in [1.82, 2.24) is 10.2 Å². The molecule has 4 rings (SSSR count). The van der Waals surface area contributed by atoms with Gasteiger partial charge < -0.3 is 19.5 Å². The average Bonchev–Trinajstić information content (AvgIpc) is 3.18. The summed E-state index contributed by atoms with van der Waals surface area (Å²) >= 11 is 0. The molecular formula is C22H26FN5O2+2. The Labute approximate surface area is 174 Å². The molecule has 30 heavy (non-hydrogen) atoms. The second-order valence-electron chi connectivity index (χ2n) is 7.78. The van der Waals surface area contributed by atoms with E-state index in [0.717, 1.165) is 37.3 Å². The van der Waals surface area contributed by atoms with E-state index >= 15 is 0 Å². The Kier molecular flexibility index (Phi) is 6.15. The molecule has 1 saturated heterocycles. The van der Waals surface area contributed by atoms with Crippen molar-refractivity contribution in [3.05, 3.63) is 65.8 Å². The average molecular weight is 411 g/mol. The molecule has 0 spiro atoms. The van der Waals surface area contributed by atoms with Crippen molar-refractivity contribution >= 4 is 11.6 Å². The zero-order valence-corrected chi connectivity index (χ0v) is 17.0. The van der Waals surface area contributed by atoms with Crippen LogP contribution in [0.15, 0.2) is 52.9 Å². The fraction of sp³-hybridized carbons (Fsp3) is 0.318. The van der Waals surface area contributed by atoms with Crippen LogP contribution in [0, 0.1) is 12.7 Å². The van der Waals surface area contributed by atoms with Gasteiger partial charge in [0.05, 0.1) is 0 Å². The van der Waals surface area contributed by atoms with E-state index in [4.69, 9.17) is 4.42 Å². The maximum atomic E-state index is 13.2. The molecule has 8 heteroatoms. The molecule has 0 saturated carbocycles. The first-order valence-electron chi connectivity index (χ1n) is 10.2. The molecule has 1 aromatic heterocycles. The molecule has 3 N–H and O–H groups in total. The van der Waals surface area contributed by atoms with Crippen molar-refractivity contribution in [2.75, 3.05) is 38.0 Å². The third kappa shape index (κ3) is 5.28. The van der Waals surface area contributed by atoms with Crippen LogP contribution < -0.4 is 15.1 Å². The van der Waals surface area contributed by atoms with Crippen molar-refractivity contribution in [3.63, 3.8) is 0 Å². The van der Waals surface area contributed by atoms with Crippen LogP contribution >= 0.6 is 0 Å². The van der Waals surface area contributed by atoms with Crippen molar-refractivity contribution < 1.29 is 23.4 Å². The van der Waals surface area contributed by atoms with Crippen LogP contribution in [0.3, 0.4) is 0 Å². The van der Waals surface area contributed by atoms with E-state index in [1.54, 1.807) is 12.1 Å². The molecule has 3 aromatic rings. The Bertz CT molecular complexity index is 1010. The molecule has 1 aliphatic heterocycles. The summed E-state index contributed by atoms with van der Waals surface area (Å²) in [6, 6.07) is 14.0. The molecular weight excluding hydrogens is 385 g/mol. The van der Waals surface area contributed by atoms with Crippen LogP contribution in [0.1, 0.15) is 11.5 Å². The second kappa shape index (κ2) is 9.15. The van der Waals surface area contributed by atoms with Gasteiger partial charge in [-0.25, -0.2) is 4.39 Å². The monoisotopic (exact) mass is 411 g/mol. The van der Waals surface area contributed by atoms with Gasteiger partial charge in [0.2, 0.25) is 5.89 Å². The highest BCUT2D eigenvalue weighted by Crippen LogP contribution is 2.18. The van der Waals surface area contributed by atoms with Crippen molar-refractivity contribution in [2.24, 2.45) is 0 Å². The van der Waals surface area contributed by atoms with Gasteiger partial charge >= 0.3 is 0 Å². The molecule has 7 nitrogen and oxygen atoms in total. The minimum atomic E-state index is -0.357. The first kappa shape index (κ1) is 20.2. The molecule has 0 bridgehead atoms. The van der Waals surface area contributed by atoms with Gasteiger partial charge in [0.25, 0.3) is 11.8 Å². The minimum Gasteiger partial charge on any atom is -0.415 e. The van der Waals surface area contributed by atoms with Gasteiger partial charge in [-0.1, -0.05) is 23.8 Å². The smallest absolute Gasteiger partial charge is 0.279 e. The number of hydrogen-bond donors (Lipinski definition) is 3. The highest BCUT2D eigenvalue weighted by Gasteiger charge is 2.26. The fourth-order valence-electron chi connectivity index (χ4n) is 3.74. The molecule has 156 valence electrons. The number of hydrogen-bond acceptors (Lipinski definition) is 4. The van der Waals surface area contributed by atoms with E-state index < -0.39 is 0 Å². The van der Waals surface area contributed by atoms with Crippen LogP contribution in [-0.4, -0.2) is 48.8 Å². The molecule has 1 fully saturated rings. The Balaban J connectivity index is 1.24. The Morgan fingerprint density at radius 1 is 1.07 bits per heavy atom. The second-order valence-corrected chi connectivity index (χ2v) is 7.78. The number of amides is 1. The Hall–Kier alpha value is -3.10. The van der Waals surface area contributed by atoms with Crippen LogP contribution in [0.25, 0.3) is 11.5 Å². The number of benzene rings is 2. The number of rotatable bonds is 6. The van der Waals surface area contributed by atoms with Crippen LogP contribution in [0.5, 0.6) is 0 Å². The summed E-state index contributed by atoms with van der Waals surface area (Å²) in [6.45, 7) is 6.69. The zero-order chi connectivity index (χ0) is 20.9. The van der Waals surface area contributed by atoms with Gasteiger partial charge in [-0.3, -0.25) is 4.79 Å². The lowest BCUT2D eigenvalue weighted by molar-refractivity contribution is -1.02. The number of aryl methyl sites for hydroxylation is 1. The lowest BCUT2D eigenvalue weighted by Crippen LogP contribution is -3.28. The number of aromatic nitrogens is 2. The maximum absolute atomic E-state index is 13.2. The lowest BCUT2D eigenvalue weighted by atomic mass is 10.1. The summed E-state index contributed by atoms with van der Waals surface area (Å²) in [5, 5.41) is 11.1. The molecule has 0 aliphatic carbocycles. The lowest BCUT2D eigenvalue weighted by Gasteiger charge is -2.28. The van der Waals surface area contributed by atoms with Gasteiger partial charge in [0.15, 0.2) is 13.1 Å². The molecule has 1 aliphatic rings. The van der Waals surface area contributed by atoms with E-state index in [2.05, 4.69) is 15.5 Å². The van der Waals surface area contributed by atoms with Crippen LogP contribution in [0.2, 0.25) is 0 Å². The molecule has 2 aromatic carbocycles. The number of nitrogens with one attached hydrogen (secondary N) is 3. The standard InChI is InChI=1S/C22H24FN5O2/c1-16-4-2-5-17(12-16)22-26-25-21(30-22)15-28-10-8-27(9-11-28)14-20(29)24-19-7-3-6-18(23)13-19/h2-7,12-13H,8-11,14-15H2,1H3,(H,24,29)/p+2. The highest BCUT2D eigenvalue weighted by atomic mass is 19.1. The van der Waals surface area contributed by atoms with Crippen molar-refractivity contribution in [3.8, 4) is 11.5 Å². The third-order valence-corrected chi connectivity index (χ3v) is 5.32. The highest BCUT2D eigenvalue weighted by molar-refractivity contribution is 5.91. The van der Waals surface area contributed by atoms with Crippen molar-refractivity contribution in [1.29, 1.82) is 0 Å². The quantitative estimate of drug-likeness (QED) is 0.538. The van der Waals surface area contributed by atoms with Crippen molar-refractivity contribution in [2.45, 2.75) is 13.5 Å². The topological polar surface area (TPSA) is 76.9 Å². The van der Waals surface area contributed by atoms with Gasteiger partial charge in [0, 0.05) is 11.3 Å². The summed E-state index contributed by atoms with van der Waals surface area (Å²) < 4.78 is 19.1. The van der Waals surface area contributed by atoms with E-state index in [-0.39, 0.29) is 11.7 Å². The number of anilines is 1. The number of quaternary nitrogens is 2. The van der Waals surface area contributed by atoms with Gasteiger partial charge in [-0.2, -0.15) is 0 Å².